The third-order valence-electron chi connectivity index (χ3n) is 3.36. The van der Waals surface area contributed by atoms with Crippen LogP contribution in [0, 0.1) is 10.1 Å². The maximum absolute atomic E-state index is 10.7. The number of aliphatic hydroxyl groups excluding tert-OH is 1. The van der Waals surface area contributed by atoms with E-state index in [1.807, 2.05) is 4.90 Å². The first-order chi connectivity index (χ1) is 9.13. The monoisotopic (exact) mass is 262 g/mol. The Labute approximate surface area is 109 Å². The molecule has 1 fully saturated rings. The molecule has 2 aromatic rings. The van der Waals surface area contributed by atoms with E-state index in [-0.39, 0.29) is 11.8 Å². The number of H-pyrrole nitrogens is 1. The maximum Gasteiger partial charge on any atom is 0.271 e. The van der Waals surface area contributed by atoms with Gasteiger partial charge in [0.1, 0.15) is 0 Å². The van der Waals surface area contributed by atoms with E-state index in [1.54, 1.807) is 6.07 Å². The highest BCUT2D eigenvalue weighted by atomic mass is 16.6. The summed E-state index contributed by atoms with van der Waals surface area (Å²) in [6, 6.07) is 4.55. The van der Waals surface area contributed by atoms with E-state index in [9.17, 15) is 15.2 Å². The lowest BCUT2D eigenvalue weighted by Crippen LogP contribution is -2.38. The van der Waals surface area contributed by atoms with Gasteiger partial charge in [0.15, 0.2) is 0 Å². The van der Waals surface area contributed by atoms with E-state index >= 15 is 0 Å². The predicted octanol–water partition coefficient (Wildman–Crippen LogP) is 1.43. The number of fused-ring (bicyclic) bond motifs is 1. The first-order valence-electron chi connectivity index (χ1n) is 6.20. The number of aromatic nitrogens is 2. The number of anilines is 1. The molecule has 0 radical (unpaired) electrons. The van der Waals surface area contributed by atoms with E-state index in [4.69, 9.17) is 0 Å². The number of non-ortho nitro benzene ring substituents is 1. The van der Waals surface area contributed by atoms with Gasteiger partial charge in [-0.25, -0.2) is 4.98 Å². The van der Waals surface area contributed by atoms with Crippen LogP contribution in [-0.2, 0) is 0 Å². The average molecular weight is 262 g/mol. The minimum Gasteiger partial charge on any atom is -0.391 e. The van der Waals surface area contributed by atoms with Crippen LogP contribution < -0.4 is 4.90 Å². The number of hydrogen-bond acceptors (Lipinski definition) is 5. The van der Waals surface area contributed by atoms with Crippen molar-refractivity contribution in [2.75, 3.05) is 18.0 Å². The van der Waals surface area contributed by atoms with E-state index in [0.717, 1.165) is 19.4 Å². The molecule has 1 aromatic carbocycles. The molecule has 2 heterocycles. The third kappa shape index (κ3) is 2.24. The smallest absolute Gasteiger partial charge is 0.271 e. The zero-order valence-corrected chi connectivity index (χ0v) is 10.2. The average Bonchev–Trinajstić information content (AvgIpc) is 2.81. The highest BCUT2D eigenvalue weighted by Gasteiger charge is 2.20. The Morgan fingerprint density at radius 1 is 1.53 bits per heavy atom. The Morgan fingerprint density at radius 3 is 3.11 bits per heavy atom. The van der Waals surface area contributed by atoms with Gasteiger partial charge in [-0.1, -0.05) is 0 Å². The first kappa shape index (κ1) is 11.9. The lowest BCUT2D eigenvalue weighted by Gasteiger charge is -2.29. The molecule has 7 heteroatoms. The van der Waals surface area contributed by atoms with Crippen molar-refractivity contribution in [1.82, 2.24) is 9.97 Å². The van der Waals surface area contributed by atoms with Crippen LogP contribution in [0.25, 0.3) is 11.0 Å². The fourth-order valence-electron chi connectivity index (χ4n) is 2.39. The Kier molecular flexibility index (Phi) is 2.83. The SMILES string of the molecule is O=[N+]([O-])c1ccc2nc(N3CCCC(O)C3)[nH]c2c1. The molecule has 1 atom stereocenters. The van der Waals surface area contributed by atoms with Crippen molar-refractivity contribution in [2.24, 2.45) is 0 Å². The minimum atomic E-state index is -0.426. The van der Waals surface area contributed by atoms with Crippen molar-refractivity contribution in [3.63, 3.8) is 0 Å². The second-order valence-corrected chi connectivity index (χ2v) is 4.76. The van der Waals surface area contributed by atoms with Gasteiger partial charge < -0.3 is 15.0 Å². The molecule has 1 aliphatic rings. The van der Waals surface area contributed by atoms with Gasteiger partial charge in [-0.05, 0) is 18.9 Å². The van der Waals surface area contributed by atoms with Crippen LogP contribution in [0.5, 0.6) is 0 Å². The van der Waals surface area contributed by atoms with Gasteiger partial charge in [0.05, 0.1) is 22.1 Å². The summed E-state index contributed by atoms with van der Waals surface area (Å²) in [5, 5.41) is 20.4. The number of β-amino-alcohol motifs (C(OH)–C–C–N with tert-alkyl or cyclic N) is 1. The number of aromatic amines is 1. The van der Waals surface area contributed by atoms with Crippen molar-refractivity contribution in [1.29, 1.82) is 0 Å². The molecule has 1 unspecified atom stereocenters. The molecular formula is C12H14N4O3. The number of hydrogen-bond donors (Lipinski definition) is 2. The summed E-state index contributed by atoms with van der Waals surface area (Å²) >= 11 is 0. The summed E-state index contributed by atoms with van der Waals surface area (Å²) in [5.74, 6) is 0.661. The van der Waals surface area contributed by atoms with Crippen molar-refractivity contribution in [2.45, 2.75) is 18.9 Å². The van der Waals surface area contributed by atoms with Crippen LogP contribution in [0.2, 0.25) is 0 Å². The zero-order chi connectivity index (χ0) is 13.4. The summed E-state index contributed by atoms with van der Waals surface area (Å²) in [6.07, 6.45) is 1.39. The quantitative estimate of drug-likeness (QED) is 0.630. The Morgan fingerprint density at radius 2 is 2.37 bits per heavy atom. The van der Waals surface area contributed by atoms with Crippen molar-refractivity contribution < 1.29 is 10.0 Å². The summed E-state index contributed by atoms with van der Waals surface area (Å²) in [5.41, 5.74) is 1.38. The number of imidazole rings is 1. The lowest BCUT2D eigenvalue weighted by atomic mass is 10.1. The van der Waals surface area contributed by atoms with Crippen LogP contribution in [0.1, 0.15) is 12.8 Å². The molecule has 0 amide bonds. The maximum atomic E-state index is 10.7. The predicted molar refractivity (Wildman–Crippen MR) is 70.2 cm³/mol. The van der Waals surface area contributed by atoms with Crippen LogP contribution in [-0.4, -0.2) is 39.2 Å². The summed E-state index contributed by atoms with van der Waals surface area (Å²) in [6.45, 7) is 1.38. The second-order valence-electron chi connectivity index (χ2n) is 4.76. The summed E-state index contributed by atoms with van der Waals surface area (Å²) < 4.78 is 0. The molecule has 0 bridgehead atoms. The van der Waals surface area contributed by atoms with Gasteiger partial charge in [-0.3, -0.25) is 10.1 Å². The molecule has 7 nitrogen and oxygen atoms in total. The van der Waals surface area contributed by atoms with E-state index < -0.39 is 4.92 Å². The van der Waals surface area contributed by atoms with Crippen LogP contribution in [0.3, 0.4) is 0 Å². The Bertz CT molecular complexity index is 624. The lowest BCUT2D eigenvalue weighted by molar-refractivity contribution is -0.384. The van der Waals surface area contributed by atoms with Gasteiger partial charge in [-0.2, -0.15) is 0 Å². The molecule has 2 N–H and O–H groups in total. The molecule has 19 heavy (non-hydrogen) atoms. The largest absolute Gasteiger partial charge is 0.391 e. The molecular weight excluding hydrogens is 248 g/mol. The highest BCUT2D eigenvalue weighted by Crippen LogP contribution is 2.24. The number of benzene rings is 1. The van der Waals surface area contributed by atoms with Crippen molar-refractivity contribution in [3.05, 3.63) is 28.3 Å². The zero-order valence-electron chi connectivity index (χ0n) is 10.2. The second kappa shape index (κ2) is 4.51. The number of aliphatic hydroxyl groups is 1. The Balaban J connectivity index is 1.94. The van der Waals surface area contributed by atoms with Crippen LogP contribution in [0.15, 0.2) is 18.2 Å². The normalized spacial score (nSPS) is 19.8. The summed E-state index contributed by atoms with van der Waals surface area (Å²) in [7, 11) is 0. The topological polar surface area (TPSA) is 95.3 Å². The molecule has 0 aliphatic carbocycles. The van der Waals surface area contributed by atoms with Crippen LogP contribution >= 0.6 is 0 Å². The number of nitro groups is 1. The third-order valence-corrected chi connectivity index (χ3v) is 3.36. The number of piperidine rings is 1. The Hall–Kier alpha value is -2.15. The molecule has 1 aliphatic heterocycles. The van der Waals surface area contributed by atoms with Gasteiger partial charge in [0, 0.05) is 25.2 Å². The standard InChI is InChI=1S/C12H14N4O3/c17-9-2-1-5-15(7-9)12-13-10-4-3-8(16(18)19)6-11(10)14-12/h3-4,6,9,17H,1-2,5,7H2,(H,13,14). The van der Waals surface area contributed by atoms with E-state index in [0.29, 0.717) is 23.5 Å². The van der Waals surface area contributed by atoms with E-state index in [2.05, 4.69) is 9.97 Å². The van der Waals surface area contributed by atoms with Crippen molar-refractivity contribution in [3.8, 4) is 0 Å². The number of nitrogens with one attached hydrogen (secondary N) is 1. The first-order valence-corrected chi connectivity index (χ1v) is 6.20. The van der Waals surface area contributed by atoms with Gasteiger partial charge in [0.25, 0.3) is 5.69 Å². The molecule has 1 saturated heterocycles. The van der Waals surface area contributed by atoms with Gasteiger partial charge in [-0.15, -0.1) is 0 Å². The van der Waals surface area contributed by atoms with Gasteiger partial charge in [0.2, 0.25) is 5.95 Å². The highest BCUT2D eigenvalue weighted by molar-refractivity contribution is 5.80. The molecule has 0 spiro atoms. The fourth-order valence-corrected chi connectivity index (χ4v) is 2.39. The molecule has 1 aromatic heterocycles. The van der Waals surface area contributed by atoms with Crippen molar-refractivity contribution >= 4 is 22.7 Å². The van der Waals surface area contributed by atoms with Crippen LogP contribution in [0.4, 0.5) is 11.6 Å². The van der Waals surface area contributed by atoms with Gasteiger partial charge >= 0.3 is 0 Å². The minimum absolute atomic E-state index is 0.0429. The number of nitrogens with zero attached hydrogens (tertiary/aromatic N) is 3. The molecule has 0 saturated carbocycles. The summed E-state index contributed by atoms with van der Waals surface area (Å²) in [4.78, 5) is 19.8. The fraction of sp³-hybridized carbons (Fsp3) is 0.417. The molecule has 3 rings (SSSR count). The number of nitro benzene ring substituents is 1. The van der Waals surface area contributed by atoms with E-state index in [1.165, 1.54) is 12.1 Å². The molecule has 100 valence electrons. The number of rotatable bonds is 2.